The van der Waals surface area contributed by atoms with E-state index in [1.165, 1.54) is 83.5 Å². The molecule has 0 aliphatic heterocycles. The van der Waals surface area contributed by atoms with Crippen molar-refractivity contribution < 1.29 is 28.6 Å². The molecule has 0 rings (SSSR count). The second-order valence-electron chi connectivity index (χ2n) is 15.6. The van der Waals surface area contributed by atoms with Gasteiger partial charge in [-0.15, -0.1) is 0 Å². The van der Waals surface area contributed by atoms with E-state index in [0.29, 0.717) is 12.8 Å². The molecular formula is C53H88O6. The molecule has 0 saturated carbocycles. The van der Waals surface area contributed by atoms with Crippen LogP contribution >= 0.6 is 0 Å². The van der Waals surface area contributed by atoms with Crippen molar-refractivity contribution in [1.29, 1.82) is 0 Å². The van der Waals surface area contributed by atoms with E-state index in [-0.39, 0.29) is 31.6 Å². The summed E-state index contributed by atoms with van der Waals surface area (Å²) >= 11 is 0. The molecule has 0 radical (unpaired) electrons. The first-order valence-corrected chi connectivity index (χ1v) is 24.1. The van der Waals surface area contributed by atoms with Gasteiger partial charge in [0, 0.05) is 12.8 Å². The van der Waals surface area contributed by atoms with Crippen LogP contribution in [0.15, 0.2) is 85.1 Å². The Bertz CT molecular complexity index is 1170. The standard InChI is InChI=1S/C53H88O6/c1-4-7-10-13-16-19-21-23-25-27-29-31-34-37-40-43-46-52(55)58-49-50(48-57-51(54)45-42-39-36-33-18-15-12-9-6-3)59-53(56)47-44-41-38-35-32-30-28-26-24-22-20-17-14-11-8-5-2/h7,9-10,12,16,18-19,23,25,29,31,33,39,42,50H,4-6,8,11,13-15,17,20-22,24,26-28,30,32,34-38,40-41,43-49H2,1-3H3/b10-7-,12-9-,19-16-,25-23-,31-29-,33-18-,42-39-. The van der Waals surface area contributed by atoms with Gasteiger partial charge in [0.25, 0.3) is 0 Å². The summed E-state index contributed by atoms with van der Waals surface area (Å²) in [6.45, 7) is 6.27. The van der Waals surface area contributed by atoms with Gasteiger partial charge in [-0.1, -0.05) is 209 Å². The maximum atomic E-state index is 12.7. The van der Waals surface area contributed by atoms with Crippen LogP contribution in [-0.4, -0.2) is 37.2 Å². The van der Waals surface area contributed by atoms with Crippen molar-refractivity contribution in [3.63, 3.8) is 0 Å². The smallest absolute Gasteiger partial charge is 0.309 e. The van der Waals surface area contributed by atoms with Gasteiger partial charge in [-0.25, -0.2) is 0 Å². The fourth-order valence-electron chi connectivity index (χ4n) is 6.38. The summed E-state index contributed by atoms with van der Waals surface area (Å²) in [4.78, 5) is 37.7. The molecule has 0 spiro atoms. The zero-order chi connectivity index (χ0) is 43.0. The average Bonchev–Trinajstić information content (AvgIpc) is 3.23. The van der Waals surface area contributed by atoms with Crippen molar-refractivity contribution in [2.75, 3.05) is 13.2 Å². The average molecular weight is 821 g/mol. The highest BCUT2D eigenvalue weighted by atomic mass is 16.6. The lowest BCUT2D eigenvalue weighted by molar-refractivity contribution is -0.166. The Kier molecular flexibility index (Phi) is 44.5. The van der Waals surface area contributed by atoms with Gasteiger partial charge in [-0.05, 0) is 70.6 Å². The monoisotopic (exact) mass is 821 g/mol. The molecule has 1 unspecified atom stereocenters. The third-order valence-electron chi connectivity index (χ3n) is 9.93. The number of unbranched alkanes of at least 4 members (excludes halogenated alkanes) is 18. The Morgan fingerprint density at radius 1 is 0.373 bits per heavy atom. The predicted molar refractivity (Wildman–Crippen MR) is 251 cm³/mol. The van der Waals surface area contributed by atoms with Crippen LogP contribution in [0.3, 0.4) is 0 Å². The van der Waals surface area contributed by atoms with Crippen LogP contribution in [0.25, 0.3) is 0 Å². The van der Waals surface area contributed by atoms with Gasteiger partial charge in [-0.2, -0.15) is 0 Å². The summed E-state index contributed by atoms with van der Waals surface area (Å²) < 4.78 is 16.6. The third kappa shape index (κ3) is 45.5. The van der Waals surface area contributed by atoms with Gasteiger partial charge in [0.05, 0.1) is 6.42 Å². The Balaban J connectivity index is 4.44. The molecule has 0 aliphatic rings. The SMILES string of the molecule is CC/C=C\C/C=C\C/C=C\C/C=C\CCCCCC(=O)OCC(COC(=O)C/C=C\C/C=C\C/C=C\CC)OC(=O)CCCCCCCCCCCCCCCCCC. The van der Waals surface area contributed by atoms with E-state index in [9.17, 15) is 14.4 Å². The Hall–Kier alpha value is -3.41. The van der Waals surface area contributed by atoms with Gasteiger partial charge >= 0.3 is 17.9 Å². The van der Waals surface area contributed by atoms with E-state index >= 15 is 0 Å². The fraction of sp³-hybridized carbons (Fsp3) is 0.679. The lowest BCUT2D eigenvalue weighted by Gasteiger charge is -2.18. The Morgan fingerprint density at radius 3 is 1.19 bits per heavy atom. The van der Waals surface area contributed by atoms with Crippen molar-refractivity contribution in [2.24, 2.45) is 0 Å². The minimum atomic E-state index is -0.822. The van der Waals surface area contributed by atoms with Crippen LogP contribution < -0.4 is 0 Å². The number of rotatable bonds is 42. The van der Waals surface area contributed by atoms with Crippen molar-refractivity contribution >= 4 is 17.9 Å². The largest absolute Gasteiger partial charge is 0.462 e. The number of carbonyl (C=O) groups is 3. The number of hydrogen-bond acceptors (Lipinski definition) is 6. The lowest BCUT2D eigenvalue weighted by atomic mass is 10.0. The van der Waals surface area contributed by atoms with Crippen LogP contribution in [0.5, 0.6) is 0 Å². The minimum Gasteiger partial charge on any atom is -0.462 e. The van der Waals surface area contributed by atoms with E-state index in [1.807, 2.05) is 6.08 Å². The first-order valence-electron chi connectivity index (χ1n) is 24.1. The Labute approximate surface area is 363 Å². The molecule has 0 saturated heterocycles. The summed E-state index contributed by atoms with van der Waals surface area (Å²) in [5.74, 6) is -1.08. The van der Waals surface area contributed by atoms with Crippen LogP contribution in [0.4, 0.5) is 0 Å². The highest BCUT2D eigenvalue weighted by Crippen LogP contribution is 2.15. The van der Waals surface area contributed by atoms with E-state index in [0.717, 1.165) is 89.9 Å². The quantitative estimate of drug-likeness (QED) is 0.0264. The summed E-state index contributed by atoms with van der Waals surface area (Å²) in [5.41, 5.74) is 0. The minimum absolute atomic E-state index is 0.119. The zero-order valence-electron chi connectivity index (χ0n) is 38.2. The van der Waals surface area contributed by atoms with Gasteiger partial charge in [0.2, 0.25) is 0 Å². The van der Waals surface area contributed by atoms with Gasteiger partial charge < -0.3 is 14.2 Å². The van der Waals surface area contributed by atoms with E-state index in [2.05, 4.69) is 93.7 Å². The van der Waals surface area contributed by atoms with E-state index < -0.39 is 12.1 Å². The summed E-state index contributed by atoms with van der Waals surface area (Å²) in [6.07, 6.45) is 60.3. The van der Waals surface area contributed by atoms with Gasteiger partial charge in [0.1, 0.15) is 13.2 Å². The van der Waals surface area contributed by atoms with Crippen molar-refractivity contribution in [3.8, 4) is 0 Å². The number of carbonyl (C=O) groups excluding carboxylic acids is 3. The summed E-state index contributed by atoms with van der Waals surface area (Å²) in [7, 11) is 0. The maximum Gasteiger partial charge on any atom is 0.309 e. The zero-order valence-corrected chi connectivity index (χ0v) is 38.2. The second kappa shape index (κ2) is 47.3. The molecule has 0 fully saturated rings. The fourth-order valence-corrected chi connectivity index (χ4v) is 6.38. The number of ether oxygens (including phenoxy) is 3. The molecule has 336 valence electrons. The third-order valence-corrected chi connectivity index (χ3v) is 9.93. The molecule has 0 aromatic heterocycles. The van der Waals surface area contributed by atoms with Crippen molar-refractivity contribution in [3.05, 3.63) is 85.1 Å². The molecule has 0 heterocycles. The number of esters is 3. The first-order chi connectivity index (χ1) is 29.0. The second-order valence-corrected chi connectivity index (χ2v) is 15.6. The molecule has 0 aromatic carbocycles. The molecule has 59 heavy (non-hydrogen) atoms. The lowest BCUT2D eigenvalue weighted by Crippen LogP contribution is -2.30. The molecule has 1 atom stereocenters. The predicted octanol–water partition coefficient (Wildman–Crippen LogP) is 15.6. The van der Waals surface area contributed by atoms with Crippen LogP contribution in [-0.2, 0) is 28.6 Å². The normalized spacial score (nSPS) is 12.8. The molecule has 0 N–H and O–H groups in total. The van der Waals surface area contributed by atoms with E-state index in [1.54, 1.807) is 6.08 Å². The molecule has 0 bridgehead atoms. The van der Waals surface area contributed by atoms with Gasteiger partial charge in [-0.3, -0.25) is 14.4 Å². The highest BCUT2D eigenvalue weighted by molar-refractivity contribution is 5.72. The highest BCUT2D eigenvalue weighted by Gasteiger charge is 2.19. The molecule has 6 heteroatoms. The Morgan fingerprint density at radius 2 is 0.729 bits per heavy atom. The molecule has 0 amide bonds. The maximum absolute atomic E-state index is 12.7. The van der Waals surface area contributed by atoms with Crippen molar-refractivity contribution in [1.82, 2.24) is 0 Å². The summed E-state index contributed by atoms with van der Waals surface area (Å²) in [6, 6.07) is 0. The first kappa shape index (κ1) is 55.6. The molecule has 0 aromatic rings. The number of hydrogen-bond donors (Lipinski definition) is 0. The van der Waals surface area contributed by atoms with Gasteiger partial charge in [0.15, 0.2) is 6.10 Å². The van der Waals surface area contributed by atoms with Crippen LogP contribution in [0, 0.1) is 0 Å². The molecular weight excluding hydrogens is 733 g/mol. The van der Waals surface area contributed by atoms with E-state index in [4.69, 9.17) is 14.2 Å². The summed E-state index contributed by atoms with van der Waals surface area (Å²) in [5, 5.41) is 0. The number of allylic oxidation sites excluding steroid dienone is 13. The topological polar surface area (TPSA) is 78.9 Å². The van der Waals surface area contributed by atoms with Crippen LogP contribution in [0.1, 0.15) is 213 Å². The van der Waals surface area contributed by atoms with Crippen molar-refractivity contribution in [2.45, 2.75) is 219 Å². The van der Waals surface area contributed by atoms with Crippen LogP contribution in [0.2, 0.25) is 0 Å². The molecule has 6 nitrogen and oxygen atoms in total. The molecule has 0 aliphatic carbocycles.